The van der Waals surface area contributed by atoms with Crippen molar-refractivity contribution in [1.82, 2.24) is 0 Å². The summed E-state index contributed by atoms with van der Waals surface area (Å²) in [6.07, 6.45) is 3.31. The van der Waals surface area contributed by atoms with Gasteiger partial charge in [-0.2, -0.15) is 0 Å². The lowest BCUT2D eigenvalue weighted by Crippen LogP contribution is -2.21. The van der Waals surface area contributed by atoms with Gasteiger partial charge in [-0.15, -0.1) is 0 Å². The molecule has 1 rings (SSSR count). The Morgan fingerprint density at radius 3 is 2.53 bits per heavy atom. The molecule has 0 fully saturated rings. The Balaban J connectivity index is 2.77. The van der Waals surface area contributed by atoms with Crippen LogP contribution in [0.5, 0.6) is 0 Å². The van der Waals surface area contributed by atoms with E-state index >= 15 is 0 Å². The van der Waals surface area contributed by atoms with Crippen molar-refractivity contribution in [3.8, 4) is 0 Å². The van der Waals surface area contributed by atoms with Crippen molar-refractivity contribution >= 4 is 27.3 Å². The van der Waals surface area contributed by atoms with Crippen LogP contribution in [0.15, 0.2) is 22.7 Å². The van der Waals surface area contributed by atoms with Gasteiger partial charge in [0.15, 0.2) is 0 Å². The zero-order valence-corrected chi connectivity index (χ0v) is 13.2. The van der Waals surface area contributed by atoms with E-state index in [1.54, 1.807) is 6.07 Å². The topological polar surface area (TPSA) is 55.2 Å². The number of rotatable bonds is 7. The molecule has 19 heavy (non-hydrogen) atoms. The Kier molecular flexibility index (Phi) is 6.28. The SMILES string of the molecule is CCC(C)CC(CC)Nc1ccc([N+](=O)[O-])cc1Br. The van der Waals surface area contributed by atoms with E-state index in [1.807, 2.05) is 0 Å². The van der Waals surface area contributed by atoms with Crippen LogP contribution in [0.4, 0.5) is 11.4 Å². The monoisotopic (exact) mass is 328 g/mol. The number of hydrogen-bond acceptors (Lipinski definition) is 3. The Morgan fingerprint density at radius 2 is 2.05 bits per heavy atom. The van der Waals surface area contributed by atoms with Crippen LogP contribution in [-0.4, -0.2) is 11.0 Å². The maximum atomic E-state index is 10.7. The summed E-state index contributed by atoms with van der Waals surface area (Å²) in [7, 11) is 0. The summed E-state index contributed by atoms with van der Waals surface area (Å²) in [5.41, 5.74) is 1.02. The largest absolute Gasteiger partial charge is 0.381 e. The first-order valence-corrected chi connectivity index (χ1v) is 7.47. The normalized spacial score (nSPS) is 13.9. The van der Waals surface area contributed by atoms with E-state index in [0.717, 1.165) is 23.0 Å². The molecular formula is C14H21BrN2O2. The van der Waals surface area contributed by atoms with Crippen LogP contribution in [0.25, 0.3) is 0 Å². The Morgan fingerprint density at radius 1 is 1.37 bits per heavy atom. The van der Waals surface area contributed by atoms with Crippen molar-refractivity contribution in [3.63, 3.8) is 0 Å². The molecule has 0 heterocycles. The Labute approximate surface area is 122 Å². The molecule has 0 radical (unpaired) electrons. The number of nitrogens with one attached hydrogen (secondary N) is 1. The highest BCUT2D eigenvalue weighted by Gasteiger charge is 2.14. The van der Waals surface area contributed by atoms with Crippen LogP contribution in [0.1, 0.15) is 40.0 Å². The van der Waals surface area contributed by atoms with Gasteiger partial charge in [0.25, 0.3) is 5.69 Å². The predicted molar refractivity (Wildman–Crippen MR) is 82.6 cm³/mol. The zero-order valence-electron chi connectivity index (χ0n) is 11.6. The van der Waals surface area contributed by atoms with E-state index in [2.05, 4.69) is 42.0 Å². The van der Waals surface area contributed by atoms with E-state index in [9.17, 15) is 10.1 Å². The minimum atomic E-state index is -0.384. The highest BCUT2D eigenvalue weighted by Crippen LogP contribution is 2.28. The second kappa shape index (κ2) is 7.48. The number of hydrogen-bond donors (Lipinski definition) is 1. The quantitative estimate of drug-likeness (QED) is 0.567. The summed E-state index contributed by atoms with van der Waals surface area (Å²) >= 11 is 3.39. The molecule has 5 heteroatoms. The van der Waals surface area contributed by atoms with E-state index in [-0.39, 0.29) is 10.6 Å². The molecule has 2 atom stereocenters. The standard InChI is InChI=1S/C14H21BrN2O2/c1-4-10(3)8-11(5-2)16-14-7-6-12(17(18)19)9-13(14)15/h6-7,9-11,16H,4-5,8H2,1-3H3. The van der Waals surface area contributed by atoms with Gasteiger partial charge in [-0.3, -0.25) is 10.1 Å². The molecule has 0 aromatic heterocycles. The second-order valence-electron chi connectivity index (χ2n) is 4.92. The first-order chi connectivity index (χ1) is 8.97. The van der Waals surface area contributed by atoms with Crippen LogP contribution in [0, 0.1) is 16.0 Å². The van der Waals surface area contributed by atoms with Crippen molar-refractivity contribution in [2.75, 3.05) is 5.32 Å². The molecular weight excluding hydrogens is 308 g/mol. The highest BCUT2D eigenvalue weighted by atomic mass is 79.9. The molecule has 1 aromatic carbocycles. The van der Waals surface area contributed by atoms with Crippen molar-refractivity contribution in [1.29, 1.82) is 0 Å². The maximum Gasteiger partial charge on any atom is 0.270 e. The molecule has 1 aromatic rings. The van der Waals surface area contributed by atoms with Crippen molar-refractivity contribution in [3.05, 3.63) is 32.8 Å². The van der Waals surface area contributed by atoms with Gasteiger partial charge < -0.3 is 5.32 Å². The van der Waals surface area contributed by atoms with Gasteiger partial charge in [0.2, 0.25) is 0 Å². The van der Waals surface area contributed by atoms with Crippen LogP contribution in [0.3, 0.4) is 0 Å². The van der Waals surface area contributed by atoms with Gasteiger partial charge >= 0.3 is 0 Å². The molecule has 4 nitrogen and oxygen atoms in total. The predicted octanol–water partition coefficient (Wildman–Crippen LogP) is 4.98. The van der Waals surface area contributed by atoms with Crippen LogP contribution < -0.4 is 5.32 Å². The van der Waals surface area contributed by atoms with Gasteiger partial charge in [0.1, 0.15) is 0 Å². The van der Waals surface area contributed by atoms with Gasteiger partial charge in [-0.25, -0.2) is 0 Å². The molecule has 0 spiro atoms. The fourth-order valence-corrected chi connectivity index (χ4v) is 2.42. The summed E-state index contributed by atoms with van der Waals surface area (Å²) in [5.74, 6) is 0.675. The number of halogens is 1. The molecule has 0 amide bonds. The first kappa shape index (κ1) is 16.0. The minimum absolute atomic E-state index is 0.104. The first-order valence-electron chi connectivity index (χ1n) is 6.68. The van der Waals surface area contributed by atoms with E-state index < -0.39 is 0 Å². The van der Waals surface area contributed by atoms with Crippen LogP contribution in [0.2, 0.25) is 0 Å². The van der Waals surface area contributed by atoms with Gasteiger partial charge in [0.05, 0.1) is 4.92 Å². The van der Waals surface area contributed by atoms with Gasteiger partial charge in [0, 0.05) is 28.3 Å². The molecule has 0 saturated carbocycles. The lowest BCUT2D eigenvalue weighted by Gasteiger charge is -2.22. The number of nitro benzene ring substituents is 1. The zero-order chi connectivity index (χ0) is 14.4. The highest BCUT2D eigenvalue weighted by molar-refractivity contribution is 9.10. The molecule has 0 aliphatic rings. The smallest absolute Gasteiger partial charge is 0.270 e. The molecule has 0 bridgehead atoms. The second-order valence-corrected chi connectivity index (χ2v) is 5.77. The van der Waals surface area contributed by atoms with E-state index in [0.29, 0.717) is 12.0 Å². The molecule has 0 saturated heterocycles. The average Bonchev–Trinajstić information content (AvgIpc) is 2.39. The van der Waals surface area contributed by atoms with Crippen LogP contribution in [-0.2, 0) is 0 Å². The lowest BCUT2D eigenvalue weighted by atomic mass is 9.97. The van der Waals surface area contributed by atoms with Gasteiger partial charge in [-0.1, -0.05) is 27.2 Å². The number of nitrogens with zero attached hydrogens (tertiary/aromatic N) is 1. The summed E-state index contributed by atoms with van der Waals surface area (Å²) < 4.78 is 0.740. The Hall–Kier alpha value is -1.10. The molecule has 0 aliphatic carbocycles. The summed E-state index contributed by atoms with van der Waals surface area (Å²) in [6.45, 7) is 6.59. The summed E-state index contributed by atoms with van der Waals surface area (Å²) in [6, 6.07) is 5.23. The summed E-state index contributed by atoms with van der Waals surface area (Å²) in [4.78, 5) is 10.3. The fraction of sp³-hybridized carbons (Fsp3) is 0.571. The lowest BCUT2D eigenvalue weighted by molar-refractivity contribution is -0.384. The third-order valence-corrected chi connectivity index (χ3v) is 4.06. The number of benzene rings is 1. The third kappa shape index (κ3) is 4.82. The number of nitro groups is 1. The van der Waals surface area contributed by atoms with Crippen molar-refractivity contribution in [2.24, 2.45) is 5.92 Å². The van der Waals surface area contributed by atoms with Crippen molar-refractivity contribution in [2.45, 2.75) is 46.1 Å². The number of non-ortho nitro benzene ring substituents is 1. The minimum Gasteiger partial charge on any atom is -0.381 e. The van der Waals surface area contributed by atoms with E-state index in [4.69, 9.17) is 0 Å². The molecule has 0 aliphatic heterocycles. The Bertz CT molecular complexity index is 437. The van der Waals surface area contributed by atoms with Gasteiger partial charge in [-0.05, 0) is 40.8 Å². The van der Waals surface area contributed by atoms with Crippen molar-refractivity contribution < 1.29 is 4.92 Å². The summed E-state index contributed by atoms with van der Waals surface area (Å²) in [5, 5.41) is 14.2. The maximum absolute atomic E-state index is 10.7. The van der Waals surface area contributed by atoms with Crippen LogP contribution >= 0.6 is 15.9 Å². The molecule has 2 unspecified atom stereocenters. The number of anilines is 1. The third-order valence-electron chi connectivity index (χ3n) is 3.40. The fourth-order valence-electron chi connectivity index (χ4n) is 1.93. The average molecular weight is 329 g/mol. The van der Waals surface area contributed by atoms with E-state index in [1.165, 1.54) is 18.6 Å². The molecule has 1 N–H and O–H groups in total. The molecule has 106 valence electrons.